The van der Waals surface area contributed by atoms with Gasteiger partial charge in [-0.05, 0) is 71.8 Å². The maximum Gasteiger partial charge on any atom is 0.241 e. The van der Waals surface area contributed by atoms with Gasteiger partial charge in [-0.1, -0.05) is 31.2 Å². The van der Waals surface area contributed by atoms with Crippen molar-refractivity contribution in [2.45, 2.75) is 56.2 Å². The number of hydrogen-bond acceptors (Lipinski definition) is 5. The molecule has 1 heterocycles. The van der Waals surface area contributed by atoms with Crippen LogP contribution in [-0.2, 0) is 34.2 Å². The number of aliphatic hydroxyl groups excluding tert-OH is 1. The van der Waals surface area contributed by atoms with Gasteiger partial charge in [-0.3, -0.25) is 9.78 Å². The van der Waals surface area contributed by atoms with Gasteiger partial charge < -0.3 is 10.0 Å². The number of nitrogens with zero attached hydrogens (tertiary/aromatic N) is 2. The van der Waals surface area contributed by atoms with E-state index in [1.54, 1.807) is 41.6 Å². The molecule has 2 N–H and O–H groups in total. The minimum absolute atomic E-state index is 0.0194. The third kappa shape index (κ3) is 5.00. The highest BCUT2D eigenvalue weighted by molar-refractivity contribution is 7.89. The molecule has 3 aromatic rings. The molecule has 5 rings (SSSR count). The number of aryl methyl sites for hydroxylation is 1. The van der Waals surface area contributed by atoms with E-state index in [0.29, 0.717) is 24.2 Å². The number of sulfonamides is 1. The molecule has 2 aromatic carbocycles. The summed E-state index contributed by atoms with van der Waals surface area (Å²) in [6.45, 7) is 2.39. The van der Waals surface area contributed by atoms with Gasteiger partial charge in [-0.2, -0.15) is 0 Å². The first-order chi connectivity index (χ1) is 16.9. The lowest BCUT2D eigenvalue weighted by atomic mass is 10.1. The number of benzene rings is 2. The van der Waals surface area contributed by atoms with E-state index >= 15 is 0 Å². The number of rotatable bonds is 8. The van der Waals surface area contributed by atoms with Gasteiger partial charge >= 0.3 is 0 Å². The summed E-state index contributed by atoms with van der Waals surface area (Å²) in [6.07, 6.45) is 5.47. The highest BCUT2D eigenvalue weighted by atomic mass is 32.2. The monoisotopic (exact) mass is 491 g/mol. The standard InChI is InChI=1S/C27H29N3O4S/c1-2-18-5-11-23(12-6-18)35(33,34)29-26-24-15-22(10-9-21(24)14-25(26)31)30(27(32)20-7-8-20)17-19-4-3-13-28-16-19/h3-6,9-13,15-16,20,25-26,29,31H,2,7-8,14,17H2,1H3/t25-,26-/m1/s1. The first kappa shape index (κ1) is 23.7. The van der Waals surface area contributed by atoms with E-state index in [1.807, 2.05) is 37.3 Å². The van der Waals surface area contributed by atoms with Gasteiger partial charge in [0, 0.05) is 30.4 Å². The summed E-state index contributed by atoms with van der Waals surface area (Å²) in [6, 6.07) is 15.3. The van der Waals surface area contributed by atoms with Gasteiger partial charge in [-0.15, -0.1) is 0 Å². The molecule has 0 aliphatic heterocycles. The van der Waals surface area contributed by atoms with E-state index in [0.717, 1.165) is 36.0 Å². The van der Waals surface area contributed by atoms with Crippen LogP contribution in [0.15, 0.2) is 71.9 Å². The normalized spacial score (nSPS) is 19.4. The topological polar surface area (TPSA) is 99.6 Å². The predicted octanol–water partition coefficient (Wildman–Crippen LogP) is 3.52. The zero-order valence-electron chi connectivity index (χ0n) is 19.6. The molecule has 0 radical (unpaired) electrons. The Kier molecular flexibility index (Phi) is 6.44. The van der Waals surface area contributed by atoms with Crippen molar-refractivity contribution in [2.24, 2.45) is 5.92 Å². The van der Waals surface area contributed by atoms with Crippen LogP contribution in [0.4, 0.5) is 5.69 Å². The van der Waals surface area contributed by atoms with Crippen LogP contribution in [0, 0.1) is 5.92 Å². The van der Waals surface area contributed by atoms with Crippen molar-refractivity contribution < 1.29 is 18.3 Å². The predicted molar refractivity (Wildman–Crippen MR) is 133 cm³/mol. The molecule has 7 nitrogen and oxygen atoms in total. The van der Waals surface area contributed by atoms with Crippen molar-refractivity contribution in [1.82, 2.24) is 9.71 Å². The minimum atomic E-state index is -3.84. The number of anilines is 1. The van der Waals surface area contributed by atoms with Crippen molar-refractivity contribution in [1.29, 1.82) is 0 Å². The summed E-state index contributed by atoms with van der Waals surface area (Å²) in [5, 5.41) is 10.8. The van der Waals surface area contributed by atoms with E-state index in [2.05, 4.69) is 9.71 Å². The fraction of sp³-hybridized carbons (Fsp3) is 0.333. The van der Waals surface area contributed by atoms with E-state index in [4.69, 9.17) is 0 Å². The summed E-state index contributed by atoms with van der Waals surface area (Å²) >= 11 is 0. The Bertz CT molecular complexity index is 1320. The number of aliphatic hydroxyl groups is 1. The molecule has 0 spiro atoms. The second-order valence-corrected chi connectivity index (χ2v) is 11.0. The molecule has 2 aliphatic carbocycles. The first-order valence-electron chi connectivity index (χ1n) is 12.0. The van der Waals surface area contributed by atoms with E-state index in [1.165, 1.54) is 0 Å². The van der Waals surface area contributed by atoms with Crippen LogP contribution in [0.5, 0.6) is 0 Å². The highest BCUT2D eigenvalue weighted by Gasteiger charge is 2.37. The number of nitrogens with one attached hydrogen (secondary N) is 1. The minimum Gasteiger partial charge on any atom is -0.391 e. The zero-order valence-corrected chi connectivity index (χ0v) is 20.4. The molecular formula is C27H29N3O4S. The van der Waals surface area contributed by atoms with Crippen LogP contribution in [0.3, 0.4) is 0 Å². The Morgan fingerprint density at radius 2 is 1.89 bits per heavy atom. The molecule has 0 saturated heterocycles. The largest absolute Gasteiger partial charge is 0.391 e. The summed E-state index contributed by atoms with van der Waals surface area (Å²) < 4.78 is 28.9. The summed E-state index contributed by atoms with van der Waals surface area (Å²) in [5.74, 6) is 0.0754. The zero-order chi connectivity index (χ0) is 24.6. The lowest BCUT2D eigenvalue weighted by Crippen LogP contribution is -2.34. The number of hydrogen-bond donors (Lipinski definition) is 2. The molecule has 1 aromatic heterocycles. The van der Waals surface area contributed by atoms with Gasteiger partial charge in [0.2, 0.25) is 15.9 Å². The lowest BCUT2D eigenvalue weighted by molar-refractivity contribution is -0.119. The average molecular weight is 492 g/mol. The van der Waals surface area contributed by atoms with Crippen LogP contribution < -0.4 is 9.62 Å². The van der Waals surface area contributed by atoms with Crippen molar-refractivity contribution >= 4 is 21.6 Å². The third-order valence-corrected chi connectivity index (χ3v) is 8.23. The SMILES string of the molecule is CCc1ccc(S(=O)(=O)N[C@@H]2c3cc(N(Cc4cccnc4)C(=O)C4CC4)ccc3C[C@H]2O)cc1. The molecule has 1 fully saturated rings. The fourth-order valence-electron chi connectivity index (χ4n) is 4.58. The second-order valence-electron chi connectivity index (χ2n) is 9.31. The molecule has 2 aliphatic rings. The van der Waals surface area contributed by atoms with Crippen molar-refractivity contribution in [3.05, 3.63) is 89.2 Å². The van der Waals surface area contributed by atoms with Gasteiger partial charge in [0.1, 0.15) is 0 Å². The van der Waals surface area contributed by atoms with Crippen LogP contribution in [0.2, 0.25) is 0 Å². The maximum atomic E-state index is 13.2. The molecule has 0 unspecified atom stereocenters. The van der Waals surface area contributed by atoms with Crippen LogP contribution in [-0.4, -0.2) is 30.5 Å². The van der Waals surface area contributed by atoms with Gasteiger partial charge in [-0.25, -0.2) is 13.1 Å². The fourth-order valence-corrected chi connectivity index (χ4v) is 5.83. The Hall–Kier alpha value is -3.07. The summed E-state index contributed by atoms with van der Waals surface area (Å²) in [4.78, 5) is 19.2. The van der Waals surface area contributed by atoms with Gasteiger partial charge in [0.15, 0.2) is 0 Å². The molecule has 8 heteroatoms. The number of carbonyl (C=O) groups excluding carboxylic acids is 1. The summed E-state index contributed by atoms with van der Waals surface area (Å²) in [5.41, 5.74) is 4.22. The molecule has 2 atom stereocenters. The number of pyridine rings is 1. The Morgan fingerprint density at radius 3 is 2.54 bits per heavy atom. The Balaban J connectivity index is 1.45. The third-order valence-electron chi connectivity index (χ3n) is 6.77. The number of carbonyl (C=O) groups is 1. The van der Waals surface area contributed by atoms with Crippen molar-refractivity contribution in [3.8, 4) is 0 Å². The molecule has 1 saturated carbocycles. The van der Waals surface area contributed by atoms with Crippen LogP contribution >= 0.6 is 0 Å². The summed E-state index contributed by atoms with van der Waals surface area (Å²) in [7, 11) is -3.84. The molecular weight excluding hydrogens is 462 g/mol. The quantitative estimate of drug-likeness (QED) is 0.502. The number of aromatic nitrogens is 1. The second kappa shape index (κ2) is 9.53. The molecule has 35 heavy (non-hydrogen) atoms. The van der Waals surface area contributed by atoms with E-state index in [-0.39, 0.29) is 16.7 Å². The van der Waals surface area contributed by atoms with Crippen molar-refractivity contribution in [2.75, 3.05) is 4.90 Å². The maximum absolute atomic E-state index is 13.2. The number of fused-ring (bicyclic) bond motifs is 1. The highest BCUT2D eigenvalue weighted by Crippen LogP contribution is 2.38. The smallest absolute Gasteiger partial charge is 0.241 e. The lowest BCUT2D eigenvalue weighted by Gasteiger charge is -2.25. The van der Waals surface area contributed by atoms with Crippen LogP contribution in [0.1, 0.15) is 48.1 Å². The molecule has 182 valence electrons. The van der Waals surface area contributed by atoms with Crippen LogP contribution in [0.25, 0.3) is 0 Å². The van der Waals surface area contributed by atoms with E-state index in [9.17, 15) is 18.3 Å². The van der Waals surface area contributed by atoms with Gasteiger partial charge in [0.25, 0.3) is 0 Å². The average Bonchev–Trinajstić information content (AvgIpc) is 3.68. The van der Waals surface area contributed by atoms with Crippen molar-refractivity contribution in [3.63, 3.8) is 0 Å². The van der Waals surface area contributed by atoms with E-state index < -0.39 is 22.2 Å². The Morgan fingerprint density at radius 1 is 1.11 bits per heavy atom. The first-order valence-corrected chi connectivity index (χ1v) is 13.5. The Labute approximate surface area is 205 Å². The molecule has 0 bridgehead atoms. The number of amides is 1. The molecule has 1 amide bonds. The van der Waals surface area contributed by atoms with Gasteiger partial charge in [0.05, 0.1) is 23.6 Å².